The summed E-state index contributed by atoms with van der Waals surface area (Å²) < 4.78 is 25.6. The third-order valence-corrected chi connectivity index (χ3v) is 2.12. The zero-order valence-electron chi connectivity index (χ0n) is 9.07. The molecule has 0 aliphatic carbocycles. The molecule has 1 rings (SSSR count). The molecule has 7 heteroatoms. The standard InChI is InChI=1S/C10H12F2N2O3/c1-6-2-3-13-8(7(6)9(16)17)14-4-10(11,12)5-15/h2-3,15H,4-5H2,1H3,(H,13,14)(H,16,17). The average molecular weight is 246 g/mol. The number of anilines is 1. The molecule has 0 amide bonds. The Balaban J connectivity index is 2.92. The summed E-state index contributed by atoms with van der Waals surface area (Å²) in [5.74, 6) is -4.70. The zero-order valence-corrected chi connectivity index (χ0v) is 9.07. The zero-order chi connectivity index (χ0) is 13.1. The first kappa shape index (κ1) is 13.3. The molecule has 0 unspecified atom stereocenters. The van der Waals surface area contributed by atoms with Crippen molar-refractivity contribution < 1.29 is 23.8 Å². The molecule has 0 saturated heterocycles. The van der Waals surface area contributed by atoms with Gasteiger partial charge in [0.1, 0.15) is 18.0 Å². The van der Waals surface area contributed by atoms with Gasteiger partial charge in [0.15, 0.2) is 0 Å². The minimum atomic E-state index is -3.32. The number of hydrogen-bond donors (Lipinski definition) is 3. The molecule has 0 aliphatic heterocycles. The highest BCUT2D eigenvalue weighted by atomic mass is 19.3. The normalized spacial score (nSPS) is 11.3. The van der Waals surface area contributed by atoms with Crippen LogP contribution in [0.1, 0.15) is 15.9 Å². The number of aliphatic hydroxyl groups is 1. The maximum absolute atomic E-state index is 12.8. The van der Waals surface area contributed by atoms with Gasteiger partial charge < -0.3 is 15.5 Å². The fourth-order valence-electron chi connectivity index (χ4n) is 1.23. The maximum atomic E-state index is 12.8. The number of hydrogen-bond acceptors (Lipinski definition) is 4. The first-order valence-corrected chi connectivity index (χ1v) is 4.79. The number of halogens is 2. The Hall–Kier alpha value is -1.76. The van der Waals surface area contributed by atoms with Crippen LogP contribution in [0.15, 0.2) is 12.3 Å². The Kier molecular flexibility index (Phi) is 3.95. The third-order valence-electron chi connectivity index (χ3n) is 2.12. The van der Waals surface area contributed by atoms with Crippen LogP contribution in [0.2, 0.25) is 0 Å². The predicted molar refractivity (Wildman–Crippen MR) is 56.5 cm³/mol. The third kappa shape index (κ3) is 3.35. The predicted octanol–water partition coefficient (Wildman–Crippen LogP) is 1.13. The molecular weight excluding hydrogens is 234 g/mol. The van der Waals surface area contributed by atoms with E-state index in [9.17, 15) is 13.6 Å². The smallest absolute Gasteiger partial charge is 0.339 e. The molecule has 3 N–H and O–H groups in total. The molecule has 0 spiro atoms. The molecule has 1 aromatic rings. The van der Waals surface area contributed by atoms with E-state index in [4.69, 9.17) is 10.2 Å². The van der Waals surface area contributed by atoms with Gasteiger partial charge in [0.25, 0.3) is 5.92 Å². The van der Waals surface area contributed by atoms with E-state index in [1.54, 1.807) is 6.92 Å². The number of nitrogens with one attached hydrogen (secondary N) is 1. The Morgan fingerprint density at radius 1 is 1.59 bits per heavy atom. The number of aryl methyl sites for hydroxylation is 1. The van der Waals surface area contributed by atoms with Crippen molar-refractivity contribution in [3.63, 3.8) is 0 Å². The molecule has 94 valence electrons. The van der Waals surface area contributed by atoms with Gasteiger partial charge in [-0.2, -0.15) is 0 Å². The Labute approximate surface area is 96.1 Å². The van der Waals surface area contributed by atoms with E-state index >= 15 is 0 Å². The highest BCUT2D eigenvalue weighted by molar-refractivity contribution is 5.94. The van der Waals surface area contributed by atoms with Crippen molar-refractivity contribution in [2.45, 2.75) is 12.8 Å². The number of carbonyl (C=O) groups is 1. The van der Waals surface area contributed by atoms with Crippen LogP contribution >= 0.6 is 0 Å². The van der Waals surface area contributed by atoms with Gasteiger partial charge >= 0.3 is 5.97 Å². The van der Waals surface area contributed by atoms with Gasteiger partial charge in [0.2, 0.25) is 0 Å². The van der Waals surface area contributed by atoms with Crippen molar-refractivity contribution in [1.29, 1.82) is 0 Å². The number of carboxylic acids is 1. The van der Waals surface area contributed by atoms with Gasteiger partial charge in [-0.15, -0.1) is 0 Å². The molecular formula is C10H12F2N2O3. The van der Waals surface area contributed by atoms with Crippen LogP contribution in [-0.4, -0.2) is 40.2 Å². The van der Waals surface area contributed by atoms with Crippen LogP contribution in [0, 0.1) is 6.92 Å². The molecule has 17 heavy (non-hydrogen) atoms. The van der Waals surface area contributed by atoms with Gasteiger partial charge in [0.05, 0.1) is 6.54 Å². The van der Waals surface area contributed by atoms with Gasteiger partial charge in [-0.3, -0.25) is 0 Å². The summed E-state index contributed by atoms with van der Waals surface area (Å²) in [6.45, 7) is -0.644. The molecule has 1 aromatic heterocycles. The SMILES string of the molecule is Cc1ccnc(NCC(F)(F)CO)c1C(=O)O. The summed E-state index contributed by atoms with van der Waals surface area (Å²) in [5, 5.41) is 19.5. The van der Waals surface area contributed by atoms with Crippen molar-refractivity contribution >= 4 is 11.8 Å². The number of carboxylic acid groups (broad SMARTS) is 1. The lowest BCUT2D eigenvalue weighted by Gasteiger charge is -2.16. The molecule has 0 saturated carbocycles. The molecule has 1 heterocycles. The van der Waals surface area contributed by atoms with Crippen LogP contribution in [0.3, 0.4) is 0 Å². The number of aliphatic hydroxyl groups excluding tert-OH is 1. The molecule has 0 fully saturated rings. The lowest BCUT2D eigenvalue weighted by atomic mass is 10.1. The van der Waals surface area contributed by atoms with Gasteiger partial charge in [-0.1, -0.05) is 0 Å². The monoisotopic (exact) mass is 246 g/mol. The fourth-order valence-corrected chi connectivity index (χ4v) is 1.23. The van der Waals surface area contributed by atoms with Crippen molar-refractivity contribution in [2.75, 3.05) is 18.5 Å². The van der Waals surface area contributed by atoms with Crippen molar-refractivity contribution in [1.82, 2.24) is 4.98 Å². The van der Waals surface area contributed by atoms with E-state index in [1.165, 1.54) is 12.3 Å². The number of nitrogens with zero attached hydrogens (tertiary/aromatic N) is 1. The summed E-state index contributed by atoms with van der Waals surface area (Å²) in [6, 6.07) is 1.47. The lowest BCUT2D eigenvalue weighted by molar-refractivity contribution is -0.0373. The van der Waals surface area contributed by atoms with Crippen LogP contribution in [0.5, 0.6) is 0 Å². The van der Waals surface area contributed by atoms with Crippen molar-refractivity contribution in [3.8, 4) is 0 Å². The first-order chi connectivity index (χ1) is 7.87. The quantitative estimate of drug-likeness (QED) is 0.725. The first-order valence-electron chi connectivity index (χ1n) is 4.79. The second-order valence-electron chi connectivity index (χ2n) is 3.52. The Bertz CT molecular complexity index is 424. The summed E-state index contributed by atoms with van der Waals surface area (Å²) in [6.07, 6.45) is 1.32. The molecule has 0 atom stereocenters. The molecule has 0 aliphatic rings. The van der Waals surface area contributed by atoms with Crippen molar-refractivity contribution in [3.05, 3.63) is 23.4 Å². The largest absolute Gasteiger partial charge is 0.478 e. The summed E-state index contributed by atoms with van der Waals surface area (Å²) in [4.78, 5) is 14.6. The van der Waals surface area contributed by atoms with E-state index in [0.29, 0.717) is 5.56 Å². The molecule has 0 bridgehead atoms. The van der Waals surface area contributed by atoms with Gasteiger partial charge in [0, 0.05) is 6.20 Å². The van der Waals surface area contributed by atoms with E-state index in [2.05, 4.69) is 10.3 Å². The molecule has 5 nitrogen and oxygen atoms in total. The van der Waals surface area contributed by atoms with Crippen LogP contribution in [0.25, 0.3) is 0 Å². The fraction of sp³-hybridized carbons (Fsp3) is 0.400. The van der Waals surface area contributed by atoms with E-state index in [-0.39, 0.29) is 11.4 Å². The average Bonchev–Trinajstić information content (AvgIpc) is 2.26. The summed E-state index contributed by atoms with van der Waals surface area (Å²) in [5.41, 5.74) is 0.267. The number of pyridine rings is 1. The second kappa shape index (κ2) is 5.05. The molecule has 0 aromatic carbocycles. The van der Waals surface area contributed by atoms with E-state index in [0.717, 1.165) is 0 Å². The highest BCUT2D eigenvalue weighted by Crippen LogP contribution is 2.19. The van der Waals surface area contributed by atoms with Crippen LogP contribution < -0.4 is 5.32 Å². The number of aromatic carboxylic acids is 1. The summed E-state index contributed by atoms with van der Waals surface area (Å²) in [7, 11) is 0. The topological polar surface area (TPSA) is 82.5 Å². The Morgan fingerprint density at radius 2 is 2.24 bits per heavy atom. The Morgan fingerprint density at radius 3 is 2.76 bits per heavy atom. The number of alkyl halides is 2. The molecule has 0 radical (unpaired) electrons. The van der Waals surface area contributed by atoms with Crippen molar-refractivity contribution in [2.24, 2.45) is 0 Å². The minimum Gasteiger partial charge on any atom is -0.478 e. The number of rotatable bonds is 5. The van der Waals surface area contributed by atoms with Gasteiger partial charge in [-0.05, 0) is 18.6 Å². The van der Waals surface area contributed by atoms with E-state index in [1.807, 2.05) is 0 Å². The number of aromatic nitrogens is 1. The maximum Gasteiger partial charge on any atom is 0.339 e. The van der Waals surface area contributed by atoms with Gasteiger partial charge in [-0.25, -0.2) is 18.6 Å². The van der Waals surface area contributed by atoms with Crippen LogP contribution in [0.4, 0.5) is 14.6 Å². The highest BCUT2D eigenvalue weighted by Gasteiger charge is 2.28. The lowest BCUT2D eigenvalue weighted by Crippen LogP contribution is -2.31. The second-order valence-corrected chi connectivity index (χ2v) is 3.52. The minimum absolute atomic E-state index is 0.134. The summed E-state index contributed by atoms with van der Waals surface area (Å²) >= 11 is 0. The van der Waals surface area contributed by atoms with E-state index < -0.39 is 25.0 Å². The van der Waals surface area contributed by atoms with Crippen LogP contribution in [-0.2, 0) is 0 Å².